The smallest absolute Gasteiger partial charge is 0.253 e. The maximum Gasteiger partial charge on any atom is 0.253 e. The molecule has 0 saturated carbocycles. The van der Waals surface area contributed by atoms with E-state index >= 15 is 0 Å². The molecule has 2 aromatic carbocycles. The van der Waals surface area contributed by atoms with Gasteiger partial charge in [-0.25, -0.2) is 0 Å². The third-order valence-electron chi connectivity index (χ3n) is 5.63. The summed E-state index contributed by atoms with van der Waals surface area (Å²) in [4.78, 5) is 31.0. The summed E-state index contributed by atoms with van der Waals surface area (Å²) >= 11 is 0. The Morgan fingerprint density at radius 1 is 0.966 bits per heavy atom. The molecule has 3 rings (SSSR count). The molecule has 2 N–H and O–H groups in total. The van der Waals surface area contributed by atoms with Crippen LogP contribution in [0.2, 0.25) is 0 Å². The van der Waals surface area contributed by atoms with Gasteiger partial charge in [-0.15, -0.1) is 0 Å². The van der Waals surface area contributed by atoms with Gasteiger partial charge in [-0.3, -0.25) is 14.5 Å². The van der Waals surface area contributed by atoms with Gasteiger partial charge < -0.3 is 20.4 Å². The van der Waals surface area contributed by atoms with E-state index in [0.29, 0.717) is 24.5 Å². The van der Waals surface area contributed by atoms with Gasteiger partial charge in [0.25, 0.3) is 10.9 Å². The Labute approximate surface area is 173 Å². The second kappa shape index (κ2) is 10.0. The zero-order chi connectivity index (χ0) is 20.8. The molecule has 0 aromatic heterocycles. The highest BCUT2D eigenvalue weighted by Gasteiger charge is 2.26. The fourth-order valence-electron chi connectivity index (χ4n) is 3.80. The highest BCUT2D eigenvalue weighted by molar-refractivity contribution is 5.74. The van der Waals surface area contributed by atoms with E-state index in [1.54, 1.807) is 0 Å². The normalized spacial score (nSPS) is 17.0. The standard InChI is InChI=1S/C22H33N5O2/c1-25(2)11-7-10-23-19-20(22(29)21(19)28)24-16-18(17-8-5-4-6-9-17)27-14-12-26(3)13-15-27/h4-6,8-9,18,23-24H,7,10-16H2,1-3H3. The molecule has 1 atom stereocenters. The minimum Gasteiger partial charge on any atom is -0.380 e. The number of anilines is 2. The Hall–Kier alpha value is -2.22. The van der Waals surface area contributed by atoms with Crippen LogP contribution in [0.4, 0.5) is 11.4 Å². The SMILES string of the molecule is CN(C)CCCNc1c(NCC(c2ccccc2)N2CCN(C)CC2)c(=O)c1=O. The summed E-state index contributed by atoms with van der Waals surface area (Å²) in [5, 5.41) is 6.44. The van der Waals surface area contributed by atoms with Crippen molar-refractivity contribution in [2.45, 2.75) is 12.5 Å². The monoisotopic (exact) mass is 399 g/mol. The average molecular weight is 400 g/mol. The summed E-state index contributed by atoms with van der Waals surface area (Å²) in [5.74, 6) is 0. The van der Waals surface area contributed by atoms with Crippen LogP contribution < -0.4 is 21.5 Å². The van der Waals surface area contributed by atoms with Crippen LogP contribution in [0.25, 0.3) is 0 Å². The van der Waals surface area contributed by atoms with Crippen LogP contribution in [0.3, 0.4) is 0 Å². The van der Waals surface area contributed by atoms with Crippen LogP contribution >= 0.6 is 0 Å². The van der Waals surface area contributed by atoms with E-state index in [-0.39, 0.29) is 6.04 Å². The molecule has 1 unspecified atom stereocenters. The molecule has 0 radical (unpaired) electrons. The quantitative estimate of drug-likeness (QED) is 0.457. The lowest BCUT2D eigenvalue weighted by atomic mass is 10.0. The van der Waals surface area contributed by atoms with Crippen molar-refractivity contribution in [2.75, 3.05) is 77.6 Å². The zero-order valence-electron chi connectivity index (χ0n) is 17.8. The lowest BCUT2D eigenvalue weighted by molar-refractivity contribution is 0.116. The first kappa shape index (κ1) is 21.5. The summed E-state index contributed by atoms with van der Waals surface area (Å²) in [6, 6.07) is 10.5. The molecule has 7 heteroatoms. The molecule has 0 bridgehead atoms. The van der Waals surface area contributed by atoms with Crippen molar-refractivity contribution in [3.8, 4) is 0 Å². The third kappa shape index (κ3) is 5.44. The Kier molecular flexibility index (Phi) is 7.41. The zero-order valence-corrected chi connectivity index (χ0v) is 17.8. The number of hydrogen-bond acceptors (Lipinski definition) is 7. The van der Waals surface area contributed by atoms with Crippen molar-refractivity contribution in [3.05, 3.63) is 56.3 Å². The van der Waals surface area contributed by atoms with Crippen LogP contribution in [0.1, 0.15) is 18.0 Å². The van der Waals surface area contributed by atoms with E-state index < -0.39 is 10.9 Å². The second-order valence-corrected chi connectivity index (χ2v) is 8.14. The molecule has 1 aliphatic rings. The predicted octanol–water partition coefficient (Wildman–Crippen LogP) is 1.05. The van der Waals surface area contributed by atoms with E-state index in [1.165, 1.54) is 5.56 Å². The van der Waals surface area contributed by atoms with Crippen molar-refractivity contribution in [1.29, 1.82) is 0 Å². The van der Waals surface area contributed by atoms with E-state index in [1.807, 2.05) is 32.3 Å². The van der Waals surface area contributed by atoms with Gasteiger partial charge in [0.15, 0.2) is 0 Å². The summed E-state index contributed by atoms with van der Waals surface area (Å²) < 4.78 is 0. The lowest BCUT2D eigenvalue weighted by Crippen LogP contribution is -2.48. The predicted molar refractivity (Wildman–Crippen MR) is 120 cm³/mol. The maximum absolute atomic E-state index is 12.1. The van der Waals surface area contributed by atoms with Gasteiger partial charge in [-0.1, -0.05) is 30.3 Å². The van der Waals surface area contributed by atoms with Gasteiger partial charge >= 0.3 is 0 Å². The summed E-state index contributed by atoms with van der Waals surface area (Å²) in [6.07, 6.45) is 0.916. The largest absolute Gasteiger partial charge is 0.380 e. The van der Waals surface area contributed by atoms with Crippen LogP contribution in [0.5, 0.6) is 0 Å². The van der Waals surface area contributed by atoms with Crippen molar-refractivity contribution in [2.24, 2.45) is 0 Å². The van der Waals surface area contributed by atoms with Gasteiger partial charge in [-0.05, 0) is 39.7 Å². The number of nitrogens with one attached hydrogen (secondary N) is 2. The van der Waals surface area contributed by atoms with Crippen molar-refractivity contribution in [3.63, 3.8) is 0 Å². The number of hydrogen-bond donors (Lipinski definition) is 2. The van der Waals surface area contributed by atoms with E-state index in [2.05, 4.69) is 44.5 Å². The third-order valence-corrected chi connectivity index (χ3v) is 5.63. The molecule has 1 fully saturated rings. The lowest BCUT2D eigenvalue weighted by Gasteiger charge is -2.38. The van der Waals surface area contributed by atoms with Crippen LogP contribution in [-0.2, 0) is 0 Å². The second-order valence-electron chi connectivity index (χ2n) is 8.14. The van der Waals surface area contributed by atoms with Crippen molar-refractivity contribution < 1.29 is 0 Å². The van der Waals surface area contributed by atoms with Gasteiger partial charge in [0.05, 0.1) is 6.04 Å². The Bertz CT molecular complexity index is 837. The molecule has 0 aliphatic carbocycles. The van der Waals surface area contributed by atoms with Crippen molar-refractivity contribution in [1.82, 2.24) is 14.7 Å². The van der Waals surface area contributed by atoms with E-state index in [4.69, 9.17) is 0 Å². The van der Waals surface area contributed by atoms with Crippen LogP contribution in [-0.4, -0.2) is 81.7 Å². The molecule has 1 aliphatic heterocycles. The fourth-order valence-corrected chi connectivity index (χ4v) is 3.80. The van der Waals surface area contributed by atoms with Crippen LogP contribution in [0, 0.1) is 0 Å². The Morgan fingerprint density at radius 2 is 1.59 bits per heavy atom. The first-order chi connectivity index (χ1) is 14.0. The Morgan fingerprint density at radius 3 is 2.21 bits per heavy atom. The molecule has 1 saturated heterocycles. The molecule has 0 spiro atoms. The summed E-state index contributed by atoms with van der Waals surface area (Å²) in [5.41, 5.74) is 1.29. The van der Waals surface area contributed by atoms with E-state index in [0.717, 1.165) is 39.1 Å². The molecule has 29 heavy (non-hydrogen) atoms. The molecule has 0 amide bonds. The Balaban J connectivity index is 1.66. The number of piperazine rings is 1. The summed E-state index contributed by atoms with van der Waals surface area (Å²) in [7, 11) is 6.18. The van der Waals surface area contributed by atoms with Gasteiger partial charge in [0, 0.05) is 39.3 Å². The fraction of sp³-hybridized carbons (Fsp3) is 0.545. The molecule has 2 aromatic rings. The molecule has 158 valence electrons. The minimum atomic E-state index is -0.412. The highest BCUT2D eigenvalue weighted by atomic mass is 16.2. The molecular weight excluding hydrogens is 366 g/mol. The topological polar surface area (TPSA) is 67.9 Å². The number of benzene rings is 1. The summed E-state index contributed by atoms with van der Waals surface area (Å²) in [6.45, 7) is 6.25. The minimum absolute atomic E-state index is 0.163. The van der Waals surface area contributed by atoms with Gasteiger partial charge in [0.2, 0.25) is 0 Å². The van der Waals surface area contributed by atoms with Gasteiger partial charge in [-0.2, -0.15) is 0 Å². The van der Waals surface area contributed by atoms with Gasteiger partial charge in [0.1, 0.15) is 11.4 Å². The van der Waals surface area contributed by atoms with E-state index in [9.17, 15) is 9.59 Å². The van der Waals surface area contributed by atoms with Crippen molar-refractivity contribution >= 4 is 11.4 Å². The molecular formula is C22H33N5O2. The average Bonchev–Trinajstić information content (AvgIpc) is 2.73. The molecule has 7 nitrogen and oxygen atoms in total. The molecule has 1 heterocycles. The number of nitrogens with zero attached hydrogens (tertiary/aromatic N) is 3. The number of likely N-dealkylation sites (N-methyl/N-ethyl adjacent to an activating group) is 1. The maximum atomic E-state index is 12.1. The number of rotatable bonds is 10. The first-order valence-corrected chi connectivity index (χ1v) is 10.4. The highest BCUT2D eigenvalue weighted by Crippen LogP contribution is 2.24. The van der Waals surface area contributed by atoms with Crippen LogP contribution in [0.15, 0.2) is 39.9 Å². The first-order valence-electron chi connectivity index (χ1n) is 10.4.